The first-order valence-corrected chi connectivity index (χ1v) is 23.5. The van der Waals surface area contributed by atoms with E-state index in [4.69, 9.17) is 10.6 Å². The van der Waals surface area contributed by atoms with Crippen molar-refractivity contribution >= 4 is 5.78 Å². The zero-order chi connectivity index (χ0) is 48.0. The van der Waals surface area contributed by atoms with Gasteiger partial charge in [0.1, 0.15) is 12.4 Å². The molecular weight excluding hydrogens is 859 g/mol. The van der Waals surface area contributed by atoms with Gasteiger partial charge in [0.15, 0.2) is 0 Å². The van der Waals surface area contributed by atoms with E-state index >= 15 is 0 Å². The molecule has 358 valence electrons. The van der Waals surface area contributed by atoms with E-state index < -0.39 is 0 Å². The van der Waals surface area contributed by atoms with Gasteiger partial charge in [-0.2, -0.15) is 0 Å². The van der Waals surface area contributed by atoms with Crippen LogP contribution in [0, 0.1) is 0 Å². The molecule has 1 aliphatic heterocycles. The first-order valence-electron chi connectivity index (χ1n) is 23.5. The Morgan fingerprint density at radius 2 is 0.985 bits per heavy atom. The quantitative estimate of drug-likeness (QED) is 0.144. The summed E-state index contributed by atoms with van der Waals surface area (Å²) in [5, 5.41) is 0. The molecule has 2 aromatic carbocycles. The molecule has 0 aliphatic carbocycles. The van der Waals surface area contributed by atoms with Crippen LogP contribution in [0.1, 0.15) is 45.9 Å². The van der Waals surface area contributed by atoms with Crippen molar-refractivity contribution in [3.8, 4) is 0 Å². The van der Waals surface area contributed by atoms with Gasteiger partial charge in [0.25, 0.3) is 5.56 Å². The largest absolute Gasteiger partial charge is 0.406 e. The first-order chi connectivity index (χ1) is 32.9. The van der Waals surface area contributed by atoms with Gasteiger partial charge in [0.05, 0.1) is 5.69 Å². The minimum Gasteiger partial charge on any atom is -0.406 e. The van der Waals surface area contributed by atoms with E-state index in [0.29, 0.717) is 97.8 Å². The second kappa shape index (κ2) is 24.0. The van der Waals surface area contributed by atoms with Crippen LogP contribution in [-0.4, -0.2) is 102 Å². The number of carbonyl (C=O) groups excluding carboxylic acids is 1. The lowest BCUT2D eigenvalue weighted by Gasteiger charge is -2.39. The number of nitrogens with two attached hydrogens (primary N) is 1. The third-order valence-corrected chi connectivity index (χ3v) is 13.1. The first kappa shape index (κ1) is 49.4. The monoisotopic (exact) mass is 924 g/mol. The average Bonchev–Trinajstić information content (AvgIpc) is 3.32. The van der Waals surface area contributed by atoms with Gasteiger partial charge in [0, 0.05) is 153 Å². The number of aromatic nitrogens is 4. The minimum absolute atomic E-state index is 0.0755. The second-order valence-corrected chi connectivity index (χ2v) is 17.8. The smallest absolute Gasteiger partial charge is 0.283 e. The highest BCUT2D eigenvalue weighted by Gasteiger charge is 2.27. The van der Waals surface area contributed by atoms with Crippen molar-refractivity contribution in [2.75, 3.05) is 52.4 Å². The molecule has 2 N–H and O–H groups in total. The highest BCUT2D eigenvalue weighted by atomic mass is 16.7. The fraction of sp³-hybridized carbons (Fsp3) is 0.377. The number of carbonyl (C=O) groups is 1. The van der Waals surface area contributed by atoms with Crippen LogP contribution >= 0.6 is 0 Å². The molecular formula is C53H65N9O6. The van der Waals surface area contributed by atoms with Crippen molar-refractivity contribution in [3.63, 3.8) is 0 Å². The molecule has 1 saturated heterocycles. The van der Waals surface area contributed by atoms with Gasteiger partial charge in [-0.05, 0) is 53.9 Å². The molecule has 0 spiro atoms. The third kappa shape index (κ3) is 13.6. The van der Waals surface area contributed by atoms with Crippen LogP contribution in [-0.2, 0) is 71.6 Å². The molecule has 1 atom stereocenters. The highest BCUT2D eigenvalue weighted by molar-refractivity contribution is 5.81. The normalized spacial score (nSPS) is 16.0. The summed E-state index contributed by atoms with van der Waals surface area (Å²) in [5.41, 5.74) is 11.5. The molecule has 0 bridgehead atoms. The minimum atomic E-state index is -0.250. The predicted molar refractivity (Wildman–Crippen MR) is 265 cm³/mol. The maximum Gasteiger partial charge on any atom is 0.283 e. The Morgan fingerprint density at radius 1 is 0.515 bits per heavy atom. The molecule has 5 heterocycles. The summed E-state index contributed by atoms with van der Waals surface area (Å²) in [6.45, 7) is 6.90. The SMILES string of the molecule is Cn1c(CN2CCN(Cc3cccc(=O)n3OCc3ccccc3)CCN(Cc3cccc(=O)n3C)CC(Cc3ccc(CC(=O)CCN)cc3)N(Cc3cccc(=O)n3C)CC2)cccc1=O. The molecule has 0 saturated carbocycles. The maximum absolute atomic E-state index is 13.4. The Bertz CT molecular complexity index is 2840. The van der Waals surface area contributed by atoms with E-state index in [1.165, 1.54) is 10.8 Å². The van der Waals surface area contributed by atoms with Gasteiger partial charge in [-0.1, -0.05) is 78.9 Å². The molecule has 7 rings (SSSR count). The lowest BCUT2D eigenvalue weighted by atomic mass is 9.99. The summed E-state index contributed by atoms with van der Waals surface area (Å²) in [6.07, 6.45) is 1.33. The zero-order valence-electron chi connectivity index (χ0n) is 39.6. The number of pyridine rings is 4. The Balaban J connectivity index is 1.28. The van der Waals surface area contributed by atoms with E-state index in [1.807, 2.05) is 79.8 Å². The summed E-state index contributed by atoms with van der Waals surface area (Å²) in [7, 11) is 5.42. The number of ketones is 1. The Morgan fingerprint density at radius 3 is 1.56 bits per heavy atom. The highest BCUT2D eigenvalue weighted by Crippen LogP contribution is 2.19. The standard InChI is InChI=1S/C53H65N9O6/c1-55-44(13-7-17-50(55)64)35-59-28-27-58(37-47-16-10-20-53(67)62(47)68-40-43-11-5-4-6-12-43)29-30-60(36-45-14-8-18-51(65)56(45)2)38-48(33-41-21-23-42(24-22-41)34-49(63)25-26-54)61(32-31-59)39-46-15-9-19-52(66)57(46)3/h4-24,48H,25-40,54H2,1-3H3. The van der Waals surface area contributed by atoms with Crippen LogP contribution in [0.4, 0.5) is 0 Å². The van der Waals surface area contributed by atoms with Gasteiger partial charge < -0.3 is 24.3 Å². The summed E-state index contributed by atoms with van der Waals surface area (Å²) in [5.74, 6) is 0.106. The van der Waals surface area contributed by atoms with E-state index in [-0.39, 0.29) is 40.7 Å². The Hall–Kier alpha value is -6.49. The fourth-order valence-corrected chi connectivity index (χ4v) is 8.84. The van der Waals surface area contributed by atoms with Gasteiger partial charge in [-0.3, -0.25) is 43.6 Å². The van der Waals surface area contributed by atoms with Crippen molar-refractivity contribution in [2.24, 2.45) is 26.9 Å². The molecule has 15 nitrogen and oxygen atoms in total. The van der Waals surface area contributed by atoms with E-state index in [2.05, 4.69) is 31.7 Å². The lowest BCUT2D eigenvalue weighted by molar-refractivity contribution is -0.118. The van der Waals surface area contributed by atoms with Gasteiger partial charge in [0.2, 0.25) is 16.7 Å². The summed E-state index contributed by atoms with van der Waals surface area (Å²) in [6, 6.07) is 39.3. The molecule has 68 heavy (non-hydrogen) atoms. The van der Waals surface area contributed by atoms with Crippen LogP contribution in [0.25, 0.3) is 0 Å². The average molecular weight is 924 g/mol. The maximum atomic E-state index is 13.4. The number of hydrogen-bond acceptors (Lipinski definition) is 11. The molecule has 0 radical (unpaired) electrons. The van der Waals surface area contributed by atoms with Crippen molar-refractivity contribution in [2.45, 2.75) is 58.1 Å². The van der Waals surface area contributed by atoms with E-state index in [9.17, 15) is 24.0 Å². The zero-order valence-corrected chi connectivity index (χ0v) is 39.6. The molecule has 1 fully saturated rings. The molecule has 4 aromatic heterocycles. The van der Waals surface area contributed by atoms with Crippen LogP contribution in [0.15, 0.2) is 147 Å². The molecule has 1 unspecified atom stereocenters. The van der Waals surface area contributed by atoms with Gasteiger partial charge in [-0.25, -0.2) is 0 Å². The van der Waals surface area contributed by atoms with Crippen LogP contribution in [0.3, 0.4) is 0 Å². The van der Waals surface area contributed by atoms with E-state index in [0.717, 1.165) is 39.5 Å². The molecule has 15 heteroatoms. The van der Waals surface area contributed by atoms with Gasteiger partial charge in [-0.15, -0.1) is 4.73 Å². The van der Waals surface area contributed by atoms with Crippen LogP contribution < -0.4 is 32.8 Å². The van der Waals surface area contributed by atoms with Crippen molar-refractivity contribution in [3.05, 3.63) is 208 Å². The third-order valence-electron chi connectivity index (χ3n) is 13.1. The predicted octanol–water partition coefficient (Wildman–Crippen LogP) is 2.97. The van der Waals surface area contributed by atoms with E-state index in [1.54, 1.807) is 64.2 Å². The number of rotatable bonds is 17. The van der Waals surface area contributed by atoms with Crippen molar-refractivity contribution in [1.82, 2.24) is 38.0 Å². The second-order valence-electron chi connectivity index (χ2n) is 17.8. The van der Waals surface area contributed by atoms with Crippen molar-refractivity contribution in [1.29, 1.82) is 0 Å². The topological polar surface area (TPSA) is 153 Å². The summed E-state index contributed by atoms with van der Waals surface area (Å²) in [4.78, 5) is 80.7. The molecule has 1 aliphatic rings. The number of Topliss-reactive ketones (excluding diaryl/α,β-unsaturated/α-hetero) is 1. The Kier molecular flexibility index (Phi) is 17.4. The van der Waals surface area contributed by atoms with Gasteiger partial charge >= 0.3 is 0 Å². The van der Waals surface area contributed by atoms with Crippen molar-refractivity contribution < 1.29 is 9.63 Å². The van der Waals surface area contributed by atoms with Crippen LogP contribution in [0.5, 0.6) is 0 Å². The number of nitrogens with zero attached hydrogens (tertiary/aromatic N) is 8. The van der Waals surface area contributed by atoms with Crippen LogP contribution in [0.2, 0.25) is 0 Å². The number of hydrogen-bond donors (Lipinski definition) is 1. The Labute approximate surface area is 397 Å². The lowest BCUT2D eigenvalue weighted by Crippen LogP contribution is -2.51. The molecule has 6 aromatic rings. The number of benzene rings is 2. The summed E-state index contributed by atoms with van der Waals surface area (Å²) >= 11 is 0. The molecule has 0 amide bonds. The fourth-order valence-electron chi connectivity index (χ4n) is 8.84. The summed E-state index contributed by atoms with van der Waals surface area (Å²) < 4.78 is 6.51.